The van der Waals surface area contributed by atoms with Crippen LogP contribution in [0.4, 0.5) is 11.4 Å². The standard InChI is InChI=1S/C43H43ClN8O6/c1-25-19-43(24-51(25)30-3-2-27(20-45)34(44)18-30)10-14-48(15-11-43)31-4-5-35(46-21-31)42(58)49-12-8-26(9-13-49)39(55)50-22-28-16-32-33(17-29(28)23-50)41(57)52(40(32)56)36-6-7-37(53)47-38(36)54/h2-5,16-18,21,25-26,36H,6-15,19,22-24H2,1H3,(H,47,53,54)/t25-,36?/m0/s1. The predicted octanol–water partition coefficient (Wildman–Crippen LogP) is 4.29. The number of nitriles is 1. The Morgan fingerprint density at radius 2 is 1.55 bits per heavy atom. The van der Waals surface area contributed by atoms with Crippen LogP contribution in [0.3, 0.4) is 0 Å². The van der Waals surface area contributed by atoms with Crippen LogP contribution in [0.5, 0.6) is 0 Å². The fourth-order valence-corrected chi connectivity index (χ4v) is 10.2. The number of carbonyl (C=O) groups excluding carboxylic acids is 6. The summed E-state index contributed by atoms with van der Waals surface area (Å²) in [5.74, 6) is -2.64. The van der Waals surface area contributed by atoms with Gasteiger partial charge in [-0.1, -0.05) is 11.6 Å². The summed E-state index contributed by atoms with van der Waals surface area (Å²) in [5.41, 5.74) is 5.11. The molecule has 6 aliphatic heterocycles. The zero-order valence-corrected chi connectivity index (χ0v) is 33.0. The van der Waals surface area contributed by atoms with E-state index in [-0.39, 0.29) is 47.1 Å². The first-order valence-corrected chi connectivity index (χ1v) is 20.4. The lowest BCUT2D eigenvalue weighted by Gasteiger charge is -2.40. The minimum Gasteiger partial charge on any atom is -0.370 e. The summed E-state index contributed by atoms with van der Waals surface area (Å²) in [7, 11) is 0. The van der Waals surface area contributed by atoms with Crippen molar-refractivity contribution in [1.29, 1.82) is 5.26 Å². The number of nitrogens with one attached hydrogen (secondary N) is 1. The zero-order chi connectivity index (χ0) is 40.5. The maximum absolute atomic E-state index is 13.7. The molecule has 9 rings (SSSR count). The first-order chi connectivity index (χ1) is 27.9. The maximum atomic E-state index is 13.7. The molecule has 1 aromatic heterocycles. The molecule has 0 radical (unpaired) electrons. The number of halogens is 1. The first-order valence-electron chi connectivity index (χ1n) is 20.0. The highest BCUT2D eigenvalue weighted by Gasteiger charge is 2.47. The van der Waals surface area contributed by atoms with E-state index in [0.717, 1.165) is 66.3 Å². The average Bonchev–Trinajstić information content (AvgIpc) is 3.87. The van der Waals surface area contributed by atoms with Crippen LogP contribution in [-0.4, -0.2) is 99.9 Å². The summed E-state index contributed by atoms with van der Waals surface area (Å²) >= 11 is 6.36. The second kappa shape index (κ2) is 14.5. The topological polar surface area (TPSA) is 167 Å². The van der Waals surface area contributed by atoms with Crippen LogP contribution < -0.4 is 15.1 Å². The Morgan fingerprint density at radius 3 is 2.16 bits per heavy atom. The molecule has 1 spiro atoms. The number of hydrogen-bond acceptors (Lipinski definition) is 10. The van der Waals surface area contributed by atoms with Gasteiger partial charge in [0.2, 0.25) is 17.7 Å². The highest BCUT2D eigenvalue weighted by Crippen LogP contribution is 2.46. The third-order valence-corrected chi connectivity index (χ3v) is 13.6. The van der Waals surface area contributed by atoms with Gasteiger partial charge in [-0.2, -0.15) is 5.26 Å². The number of nitrogens with zero attached hydrogens (tertiary/aromatic N) is 7. The number of pyridine rings is 1. The number of hydrogen-bond donors (Lipinski definition) is 1. The van der Waals surface area contributed by atoms with Gasteiger partial charge >= 0.3 is 0 Å². The molecule has 298 valence electrons. The summed E-state index contributed by atoms with van der Waals surface area (Å²) < 4.78 is 0. The summed E-state index contributed by atoms with van der Waals surface area (Å²) in [5, 5.41) is 12.0. The highest BCUT2D eigenvalue weighted by molar-refractivity contribution is 6.32. The van der Waals surface area contributed by atoms with Crippen LogP contribution in [0.1, 0.15) is 99.8 Å². The first kappa shape index (κ1) is 37.7. The Balaban J connectivity index is 0.760. The summed E-state index contributed by atoms with van der Waals surface area (Å²) in [6.45, 7) is 6.48. The van der Waals surface area contributed by atoms with Gasteiger partial charge in [-0.15, -0.1) is 0 Å². The number of imide groups is 2. The molecule has 4 saturated heterocycles. The Morgan fingerprint density at radius 1 is 0.879 bits per heavy atom. The minimum atomic E-state index is -1.03. The van der Waals surface area contributed by atoms with Gasteiger partial charge in [-0.05, 0) is 104 Å². The number of benzene rings is 2. The molecule has 2 atom stereocenters. The molecule has 6 aliphatic rings. The van der Waals surface area contributed by atoms with Gasteiger partial charge in [0.1, 0.15) is 17.8 Å². The second-order valence-electron chi connectivity index (χ2n) is 16.7. The molecule has 58 heavy (non-hydrogen) atoms. The Bertz CT molecular complexity index is 2260. The quantitative estimate of drug-likeness (QED) is 0.368. The van der Waals surface area contributed by atoms with Gasteiger partial charge in [0.15, 0.2) is 0 Å². The van der Waals surface area contributed by atoms with Crippen LogP contribution in [-0.2, 0) is 27.5 Å². The zero-order valence-electron chi connectivity index (χ0n) is 32.2. The van der Waals surface area contributed by atoms with Gasteiger partial charge in [0.05, 0.1) is 33.6 Å². The minimum absolute atomic E-state index is 0.0181. The molecule has 1 N–H and O–H groups in total. The molecule has 1 unspecified atom stereocenters. The number of amides is 6. The molecule has 7 heterocycles. The van der Waals surface area contributed by atoms with Crippen molar-refractivity contribution in [2.24, 2.45) is 11.3 Å². The van der Waals surface area contributed by atoms with E-state index in [1.54, 1.807) is 40.3 Å². The summed E-state index contributed by atoms with van der Waals surface area (Å²) in [4.78, 5) is 91.7. The molecular weight excluding hydrogens is 760 g/mol. The van der Waals surface area contributed by atoms with Crippen molar-refractivity contribution in [2.45, 2.75) is 77.0 Å². The van der Waals surface area contributed by atoms with E-state index in [1.807, 2.05) is 18.2 Å². The number of likely N-dealkylation sites (tertiary alicyclic amines) is 1. The van der Waals surface area contributed by atoms with Gasteiger partial charge in [-0.25, -0.2) is 4.98 Å². The van der Waals surface area contributed by atoms with E-state index in [2.05, 4.69) is 33.1 Å². The molecule has 0 aliphatic carbocycles. The summed E-state index contributed by atoms with van der Waals surface area (Å²) in [6.07, 6.45) is 6.16. The van der Waals surface area contributed by atoms with Crippen molar-refractivity contribution in [3.63, 3.8) is 0 Å². The van der Waals surface area contributed by atoms with Crippen LogP contribution in [0.2, 0.25) is 5.02 Å². The molecule has 15 heteroatoms. The van der Waals surface area contributed by atoms with Crippen molar-refractivity contribution in [3.8, 4) is 6.07 Å². The monoisotopic (exact) mass is 802 g/mol. The molecule has 0 saturated carbocycles. The van der Waals surface area contributed by atoms with Crippen molar-refractivity contribution in [2.75, 3.05) is 42.5 Å². The van der Waals surface area contributed by atoms with Gasteiger partial charge < -0.3 is 19.6 Å². The lowest BCUT2D eigenvalue weighted by Crippen LogP contribution is -2.54. The Labute approximate surface area is 340 Å². The van der Waals surface area contributed by atoms with E-state index in [1.165, 1.54) is 0 Å². The van der Waals surface area contributed by atoms with Crippen LogP contribution >= 0.6 is 11.6 Å². The summed E-state index contributed by atoms with van der Waals surface area (Å²) in [6, 6.07) is 14.3. The predicted molar refractivity (Wildman–Crippen MR) is 212 cm³/mol. The molecule has 6 amide bonds. The number of piperidine rings is 3. The number of fused-ring (bicyclic) bond motifs is 2. The Hall–Kier alpha value is -5.81. The molecule has 0 bridgehead atoms. The molecular formula is C43H43ClN8O6. The molecule has 3 aromatic rings. The van der Waals surface area contributed by atoms with Crippen molar-refractivity contribution < 1.29 is 28.8 Å². The van der Waals surface area contributed by atoms with Gasteiger partial charge in [-0.3, -0.25) is 39.0 Å². The number of carbonyl (C=O) groups is 6. The fraction of sp³-hybridized carbons (Fsp3) is 0.442. The van der Waals surface area contributed by atoms with Gasteiger partial charge in [0, 0.05) is 69.9 Å². The third kappa shape index (κ3) is 6.55. The van der Waals surface area contributed by atoms with Crippen LogP contribution in [0, 0.1) is 22.7 Å². The van der Waals surface area contributed by atoms with Crippen LogP contribution in [0.25, 0.3) is 0 Å². The van der Waals surface area contributed by atoms with E-state index in [0.29, 0.717) is 61.3 Å². The number of anilines is 2. The highest BCUT2D eigenvalue weighted by atomic mass is 35.5. The van der Waals surface area contributed by atoms with E-state index >= 15 is 0 Å². The second-order valence-corrected chi connectivity index (χ2v) is 17.1. The SMILES string of the molecule is C[C@H]1CC2(CCN(c3ccc(C(=O)N4CCC(C(=O)N5Cc6cc7c(cc6C5)C(=O)N(C5CCC(=O)NC5=O)C7=O)CC4)nc3)CC2)CN1c1ccc(C#N)c(Cl)c1. The van der Waals surface area contributed by atoms with E-state index < -0.39 is 29.7 Å². The number of rotatable bonds is 5. The van der Waals surface area contributed by atoms with Crippen LogP contribution in [0.15, 0.2) is 48.7 Å². The van der Waals surface area contributed by atoms with Gasteiger partial charge in [0.25, 0.3) is 17.7 Å². The lowest BCUT2D eigenvalue weighted by atomic mass is 9.76. The molecule has 4 fully saturated rings. The Kier molecular flexibility index (Phi) is 9.46. The lowest BCUT2D eigenvalue weighted by molar-refractivity contribution is -0.138. The van der Waals surface area contributed by atoms with Crippen molar-refractivity contribution in [3.05, 3.63) is 87.2 Å². The fourth-order valence-electron chi connectivity index (χ4n) is 10.0. The molecule has 2 aromatic carbocycles. The number of aromatic nitrogens is 1. The van der Waals surface area contributed by atoms with Crippen molar-refractivity contribution in [1.82, 2.24) is 25.0 Å². The normalized spacial score (nSPS) is 23.0. The maximum Gasteiger partial charge on any atom is 0.272 e. The smallest absolute Gasteiger partial charge is 0.272 e. The largest absolute Gasteiger partial charge is 0.370 e. The van der Waals surface area contributed by atoms with E-state index in [9.17, 15) is 34.0 Å². The third-order valence-electron chi connectivity index (χ3n) is 13.3. The van der Waals surface area contributed by atoms with E-state index in [4.69, 9.17) is 11.6 Å². The average molecular weight is 803 g/mol. The van der Waals surface area contributed by atoms with Crippen molar-refractivity contribution >= 4 is 58.4 Å². The molecule has 14 nitrogen and oxygen atoms in total.